The average molecular weight is 210 g/mol. The Kier molecular flexibility index (Phi) is 3.09. The van der Waals surface area contributed by atoms with E-state index in [0.29, 0.717) is 6.04 Å². The molecule has 1 N–H and O–H groups in total. The van der Waals surface area contributed by atoms with E-state index in [1.165, 1.54) is 30.5 Å². The van der Waals surface area contributed by atoms with Gasteiger partial charge >= 0.3 is 0 Å². The molecule has 1 aromatic rings. The third-order valence-electron chi connectivity index (χ3n) is 3.01. The van der Waals surface area contributed by atoms with Crippen molar-refractivity contribution in [3.05, 3.63) is 34.3 Å². The zero-order valence-corrected chi connectivity index (χ0v) is 9.27. The van der Waals surface area contributed by atoms with E-state index in [4.69, 9.17) is 11.6 Å². The van der Waals surface area contributed by atoms with Crippen LogP contribution >= 0.6 is 11.6 Å². The summed E-state index contributed by atoms with van der Waals surface area (Å²) in [5.74, 6) is 0. The van der Waals surface area contributed by atoms with E-state index in [1.807, 2.05) is 12.1 Å². The van der Waals surface area contributed by atoms with Gasteiger partial charge in [0, 0.05) is 11.1 Å². The minimum atomic E-state index is 0.659. The van der Waals surface area contributed by atoms with Crippen LogP contribution in [0.25, 0.3) is 0 Å². The second-order valence-corrected chi connectivity index (χ2v) is 4.43. The Hall–Kier alpha value is -0.530. The van der Waals surface area contributed by atoms with E-state index in [2.05, 4.69) is 18.3 Å². The van der Waals surface area contributed by atoms with E-state index >= 15 is 0 Å². The number of nitrogens with one attached hydrogen (secondary N) is 1. The molecule has 2 rings (SSSR count). The molecule has 0 aromatic heterocycles. The van der Waals surface area contributed by atoms with Gasteiger partial charge < -0.3 is 5.32 Å². The lowest BCUT2D eigenvalue weighted by Gasteiger charge is -2.12. The lowest BCUT2D eigenvalue weighted by Crippen LogP contribution is -2.23. The normalized spacial score (nSPS) is 21.4. The highest BCUT2D eigenvalue weighted by molar-refractivity contribution is 6.31. The van der Waals surface area contributed by atoms with Crippen molar-refractivity contribution in [2.24, 2.45) is 0 Å². The summed E-state index contributed by atoms with van der Waals surface area (Å²) in [4.78, 5) is 0. The maximum atomic E-state index is 6.08. The monoisotopic (exact) mass is 209 g/mol. The molecule has 0 bridgehead atoms. The predicted molar refractivity (Wildman–Crippen MR) is 60.9 cm³/mol. The lowest BCUT2D eigenvalue weighted by atomic mass is 10.0. The third-order valence-corrected chi connectivity index (χ3v) is 3.42. The van der Waals surface area contributed by atoms with Crippen LogP contribution in [-0.2, 0) is 6.42 Å². The van der Waals surface area contributed by atoms with Crippen molar-refractivity contribution in [2.75, 3.05) is 6.54 Å². The zero-order chi connectivity index (χ0) is 9.97. The first-order valence-corrected chi connectivity index (χ1v) is 5.62. The van der Waals surface area contributed by atoms with Crippen molar-refractivity contribution >= 4 is 11.6 Å². The van der Waals surface area contributed by atoms with E-state index in [-0.39, 0.29) is 0 Å². The Bertz CT molecular complexity index is 316. The van der Waals surface area contributed by atoms with Crippen LogP contribution in [-0.4, -0.2) is 12.6 Å². The molecular formula is C12H16ClN. The van der Waals surface area contributed by atoms with Crippen molar-refractivity contribution in [3.8, 4) is 0 Å². The quantitative estimate of drug-likeness (QED) is 0.790. The SMILES string of the molecule is Cc1c(Cl)cccc1CC1CCCN1. The van der Waals surface area contributed by atoms with Crippen LogP contribution in [0.1, 0.15) is 24.0 Å². The van der Waals surface area contributed by atoms with Crippen LogP contribution in [0.3, 0.4) is 0 Å². The molecule has 1 aromatic carbocycles. The van der Waals surface area contributed by atoms with Gasteiger partial charge in [0.1, 0.15) is 0 Å². The van der Waals surface area contributed by atoms with Gasteiger partial charge in [0.2, 0.25) is 0 Å². The highest BCUT2D eigenvalue weighted by Gasteiger charge is 2.15. The average Bonchev–Trinajstić information content (AvgIpc) is 2.66. The van der Waals surface area contributed by atoms with E-state index in [0.717, 1.165) is 11.4 Å². The third kappa shape index (κ3) is 2.10. The minimum Gasteiger partial charge on any atom is -0.314 e. The summed E-state index contributed by atoms with van der Waals surface area (Å²) < 4.78 is 0. The summed E-state index contributed by atoms with van der Waals surface area (Å²) >= 11 is 6.08. The standard InChI is InChI=1S/C12H16ClN/c1-9-10(4-2-6-12(9)13)8-11-5-3-7-14-11/h2,4,6,11,14H,3,5,7-8H2,1H3. The topological polar surface area (TPSA) is 12.0 Å². The predicted octanol–water partition coefficient (Wildman–Crippen LogP) is 2.94. The number of hydrogen-bond donors (Lipinski definition) is 1. The van der Waals surface area contributed by atoms with Crippen LogP contribution in [0.2, 0.25) is 5.02 Å². The smallest absolute Gasteiger partial charge is 0.0437 e. The molecule has 0 aliphatic carbocycles. The molecular weight excluding hydrogens is 194 g/mol. The van der Waals surface area contributed by atoms with Crippen LogP contribution in [0.15, 0.2) is 18.2 Å². The van der Waals surface area contributed by atoms with E-state index in [9.17, 15) is 0 Å². The molecule has 1 fully saturated rings. The molecule has 1 saturated heterocycles. The van der Waals surface area contributed by atoms with Gasteiger partial charge in [-0.05, 0) is 49.9 Å². The first-order valence-electron chi connectivity index (χ1n) is 5.25. The summed E-state index contributed by atoms with van der Waals surface area (Å²) in [6.07, 6.45) is 3.72. The molecule has 76 valence electrons. The van der Waals surface area contributed by atoms with Gasteiger partial charge in [-0.15, -0.1) is 0 Å². The van der Waals surface area contributed by atoms with Crippen LogP contribution in [0.4, 0.5) is 0 Å². The number of benzene rings is 1. The van der Waals surface area contributed by atoms with Gasteiger partial charge in [-0.1, -0.05) is 23.7 Å². The summed E-state index contributed by atoms with van der Waals surface area (Å²) in [5.41, 5.74) is 2.62. The van der Waals surface area contributed by atoms with Crippen LogP contribution < -0.4 is 5.32 Å². The minimum absolute atomic E-state index is 0.659. The summed E-state index contributed by atoms with van der Waals surface area (Å²) in [7, 11) is 0. The Morgan fingerprint density at radius 2 is 2.36 bits per heavy atom. The van der Waals surface area contributed by atoms with Crippen LogP contribution in [0, 0.1) is 6.92 Å². The Morgan fingerprint density at radius 3 is 3.07 bits per heavy atom. The Morgan fingerprint density at radius 1 is 1.50 bits per heavy atom. The largest absolute Gasteiger partial charge is 0.314 e. The zero-order valence-electron chi connectivity index (χ0n) is 8.52. The van der Waals surface area contributed by atoms with E-state index < -0.39 is 0 Å². The Labute approximate surface area is 90.5 Å². The van der Waals surface area contributed by atoms with Crippen molar-refractivity contribution < 1.29 is 0 Å². The van der Waals surface area contributed by atoms with Gasteiger partial charge in [0.05, 0.1) is 0 Å². The summed E-state index contributed by atoms with van der Waals surface area (Å²) in [6.45, 7) is 3.27. The van der Waals surface area contributed by atoms with Crippen molar-refractivity contribution in [3.63, 3.8) is 0 Å². The molecule has 0 amide bonds. The molecule has 0 spiro atoms. The van der Waals surface area contributed by atoms with Crippen LogP contribution in [0.5, 0.6) is 0 Å². The van der Waals surface area contributed by atoms with Gasteiger partial charge in [0.15, 0.2) is 0 Å². The fourth-order valence-corrected chi connectivity index (χ4v) is 2.26. The van der Waals surface area contributed by atoms with Crippen molar-refractivity contribution in [1.82, 2.24) is 5.32 Å². The first-order chi connectivity index (χ1) is 6.77. The molecule has 1 nitrogen and oxygen atoms in total. The molecule has 1 atom stereocenters. The fraction of sp³-hybridized carbons (Fsp3) is 0.500. The molecule has 14 heavy (non-hydrogen) atoms. The molecule has 0 saturated carbocycles. The number of hydrogen-bond acceptors (Lipinski definition) is 1. The van der Waals surface area contributed by atoms with Crippen molar-refractivity contribution in [1.29, 1.82) is 0 Å². The Balaban J connectivity index is 2.11. The molecule has 1 heterocycles. The van der Waals surface area contributed by atoms with Gasteiger partial charge in [-0.3, -0.25) is 0 Å². The molecule has 1 aliphatic heterocycles. The van der Waals surface area contributed by atoms with Gasteiger partial charge in [-0.2, -0.15) is 0 Å². The van der Waals surface area contributed by atoms with Gasteiger partial charge in [0.25, 0.3) is 0 Å². The molecule has 2 heteroatoms. The summed E-state index contributed by atoms with van der Waals surface area (Å²) in [5, 5.41) is 4.40. The number of halogens is 1. The molecule has 1 unspecified atom stereocenters. The maximum Gasteiger partial charge on any atom is 0.0437 e. The van der Waals surface area contributed by atoms with E-state index in [1.54, 1.807) is 0 Å². The summed E-state index contributed by atoms with van der Waals surface area (Å²) in [6, 6.07) is 6.84. The maximum absolute atomic E-state index is 6.08. The first kappa shape index (κ1) is 10.0. The number of rotatable bonds is 2. The highest BCUT2D eigenvalue weighted by Crippen LogP contribution is 2.21. The molecule has 0 radical (unpaired) electrons. The van der Waals surface area contributed by atoms with Crippen molar-refractivity contribution in [2.45, 2.75) is 32.2 Å². The molecule has 1 aliphatic rings. The second-order valence-electron chi connectivity index (χ2n) is 4.02. The van der Waals surface area contributed by atoms with Gasteiger partial charge in [-0.25, -0.2) is 0 Å². The fourth-order valence-electron chi connectivity index (χ4n) is 2.07. The second kappa shape index (κ2) is 4.33. The lowest BCUT2D eigenvalue weighted by molar-refractivity contribution is 0.601. The highest BCUT2D eigenvalue weighted by atomic mass is 35.5.